The first kappa shape index (κ1) is 15.1. The zero-order valence-electron chi connectivity index (χ0n) is 12.5. The molecule has 2 amide bonds. The topological polar surface area (TPSA) is 69.6 Å². The van der Waals surface area contributed by atoms with Gasteiger partial charge in [0.1, 0.15) is 6.54 Å². The minimum atomic E-state index is -0.939. The first-order valence-electron chi connectivity index (χ1n) is 7.71. The fourth-order valence-corrected chi connectivity index (χ4v) is 3.33. The lowest BCUT2D eigenvalue weighted by Gasteiger charge is -2.33. The summed E-state index contributed by atoms with van der Waals surface area (Å²) < 4.78 is 0. The van der Waals surface area contributed by atoms with Crippen LogP contribution in [0.1, 0.15) is 46.0 Å². The standard InChI is InChI=1S/C15H26N2O3/c1-10-5-11(2)7-13(6-10)16-15(20)17(9-14(18)19)8-12-3-4-12/h10-13H,3-9H2,1-2H3,(H,16,20)(H,18,19). The number of nitrogens with one attached hydrogen (secondary N) is 1. The van der Waals surface area contributed by atoms with Gasteiger partial charge in [0.25, 0.3) is 0 Å². The van der Waals surface area contributed by atoms with E-state index in [2.05, 4.69) is 19.2 Å². The molecule has 2 N–H and O–H groups in total. The molecule has 0 spiro atoms. The fraction of sp³-hybridized carbons (Fsp3) is 0.867. The molecule has 2 atom stereocenters. The summed E-state index contributed by atoms with van der Waals surface area (Å²) in [6.07, 6.45) is 5.44. The number of rotatable bonds is 5. The van der Waals surface area contributed by atoms with Gasteiger partial charge >= 0.3 is 12.0 Å². The van der Waals surface area contributed by atoms with Gasteiger partial charge in [-0.3, -0.25) is 4.79 Å². The Balaban J connectivity index is 1.87. The molecule has 20 heavy (non-hydrogen) atoms. The van der Waals surface area contributed by atoms with E-state index in [0.717, 1.165) is 25.7 Å². The molecule has 5 heteroatoms. The van der Waals surface area contributed by atoms with Crippen LogP contribution in [0.3, 0.4) is 0 Å². The molecule has 2 fully saturated rings. The first-order chi connectivity index (χ1) is 9.44. The predicted molar refractivity (Wildman–Crippen MR) is 76.4 cm³/mol. The molecule has 2 rings (SSSR count). The van der Waals surface area contributed by atoms with Crippen LogP contribution in [-0.2, 0) is 4.79 Å². The maximum absolute atomic E-state index is 12.3. The third kappa shape index (κ3) is 4.69. The SMILES string of the molecule is CC1CC(C)CC(NC(=O)N(CC(=O)O)CC2CC2)C1. The molecule has 0 aromatic carbocycles. The van der Waals surface area contributed by atoms with Gasteiger partial charge in [-0.2, -0.15) is 0 Å². The molecule has 2 saturated carbocycles. The normalized spacial score (nSPS) is 29.8. The molecule has 2 aliphatic carbocycles. The number of hydrogen-bond donors (Lipinski definition) is 2. The molecule has 0 aromatic rings. The van der Waals surface area contributed by atoms with Gasteiger partial charge in [-0.15, -0.1) is 0 Å². The largest absolute Gasteiger partial charge is 0.480 e. The summed E-state index contributed by atoms with van der Waals surface area (Å²) in [6, 6.07) is -0.0117. The van der Waals surface area contributed by atoms with Crippen molar-refractivity contribution in [2.45, 2.75) is 52.0 Å². The minimum absolute atomic E-state index is 0.191. The lowest BCUT2D eigenvalue weighted by Crippen LogP contribution is -2.49. The van der Waals surface area contributed by atoms with Gasteiger partial charge in [0.2, 0.25) is 0 Å². The number of carboxylic acid groups (broad SMARTS) is 1. The van der Waals surface area contributed by atoms with Crippen LogP contribution in [0, 0.1) is 17.8 Å². The third-order valence-electron chi connectivity index (χ3n) is 4.29. The molecule has 5 nitrogen and oxygen atoms in total. The monoisotopic (exact) mass is 282 g/mol. The number of aliphatic carboxylic acids is 1. The highest BCUT2D eigenvalue weighted by Gasteiger charge is 2.30. The molecular weight excluding hydrogens is 256 g/mol. The Bertz CT molecular complexity index is 358. The van der Waals surface area contributed by atoms with Gasteiger partial charge in [-0.05, 0) is 49.9 Å². The highest BCUT2D eigenvalue weighted by Crippen LogP contribution is 2.30. The fourth-order valence-electron chi connectivity index (χ4n) is 3.33. The van der Waals surface area contributed by atoms with Gasteiger partial charge in [-0.1, -0.05) is 13.8 Å². The molecule has 0 bridgehead atoms. The molecule has 0 aliphatic heterocycles. The zero-order valence-corrected chi connectivity index (χ0v) is 12.5. The highest BCUT2D eigenvalue weighted by molar-refractivity contribution is 5.80. The summed E-state index contributed by atoms with van der Waals surface area (Å²) in [5.74, 6) is 0.816. The number of hydrogen-bond acceptors (Lipinski definition) is 2. The predicted octanol–water partition coefficient (Wildman–Crippen LogP) is 2.32. The third-order valence-corrected chi connectivity index (χ3v) is 4.29. The zero-order chi connectivity index (χ0) is 14.7. The summed E-state index contributed by atoms with van der Waals surface area (Å²) in [4.78, 5) is 24.6. The van der Waals surface area contributed by atoms with E-state index in [0.29, 0.717) is 24.3 Å². The average molecular weight is 282 g/mol. The van der Waals surface area contributed by atoms with E-state index in [-0.39, 0.29) is 18.6 Å². The summed E-state index contributed by atoms with van der Waals surface area (Å²) in [5, 5.41) is 12.0. The molecule has 0 saturated heterocycles. The molecule has 0 radical (unpaired) electrons. The van der Waals surface area contributed by atoms with Crippen molar-refractivity contribution in [3.05, 3.63) is 0 Å². The van der Waals surface area contributed by atoms with E-state index in [9.17, 15) is 9.59 Å². The molecular formula is C15H26N2O3. The number of nitrogens with zero attached hydrogens (tertiary/aromatic N) is 1. The van der Waals surface area contributed by atoms with Gasteiger partial charge < -0.3 is 15.3 Å². The van der Waals surface area contributed by atoms with Crippen LogP contribution in [0.5, 0.6) is 0 Å². The Morgan fingerprint density at radius 2 is 1.75 bits per heavy atom. The van der Waals surface area contributed by atoms with Crippen molar-refractivity contribution < 1.29 is 14.7 Å². The number of carboxylic acids is 1. The number of amides is 2. The number of urea groups is 1. The van der Waals surface area contributed by atoms with E-state index in [1.807, 2.05) is 0 Å². The van der Waals surface area contributed by atoms with Crippen molar-refractivity contribution in [3.8, 4) is 0 Å². The molecule has 2 unspecified atom stereocenters. The summed E-state index contributed by atoms with van der Waals surface area (Å²) >= 11 is 0. The van der Waals surface area contributed by atoms with Crippen molar-refractivity contribution in [1.82, 2.24) is 10.2 Å². The van der Waals surface area contributed by atoms with Gasteiger partial charge in [-0.25, -0.2) is 4.79 Å². The van der Waals surface area contributed by atoms with E-state index < -0.39 is 5.97 Å². The van der Waals surface area contributed by atoms with Crippen LogP contribution in [-0.4, -0.2) is 41.1 Å². The number of carbonyl (C=O) groups is 2. The first-order valence-corrected chi connectivity index (χ1v) is 7.71. The second-order valence-corrected chi connectivity index (χ2v) is 6.78. The summed E-state index contributed by atoms with van der Waals surface area (Å²) in [7, 11) is 0. The maximum atomic E-state index is 12.3. The highest BCUT2D eigenvalue weighted by atomic mass is 16.4. The van der Waals surface area contributed by atoms with Crippen molar-refractivity contribution in [2.75, 3.05) is 13.1 Å². The second kappa shape index (κ2) is 6.46. The average Bonchev–Trinajstić information content (AvgIpc) is 3.09. The smallest absolute Gasteiger partial charge is 0.323 e. The van der Waals surface area contributed by atoms with E-state index >= 15 is 0 Å². The lowest BCUT2D eigenvalue weighted by molar-refractivity contribution is -0.137. The molecule has 0 aromatic heterocycles. The van der Waals surface area contributed by atoms with Gasteiger partial charge in [0.15, 0.2) is 0 Å². The van der Waals surface area contributed by atoms with E-state index in [1.165, 1.54) is 11.3 Å². The van der Waals surface area contributed by atoms with Crippen molar-refractivity contribution in [2.24, 2.45) is 17.8 Å². The van der Waals surface area contributed by atoms with Gasteiger partial charge in [0.05, 0.1) is 0 Å². The Morgan fingerprint density at radius 3 is 2.25 bits per heavy atom. The second-order valence-electron chi connectivity index (χ2n) is 6.78. The van der Waals surface area contributed by atoms with Crippen molar-refractivity contribution in [3.63, 3.8) is 0 Å². The maximum Gasteiger partial charge on any atom is 0.323 e. The van der Waals surface area contributed by atoms with Crippen LogP contribution in [0.2, 0.25) is 0 Å². The van der Waals surface area contributed by atoms with Crippen LogP contribution in [0.25, 0.3) is 0 Å². The van der Waals surface area contributed by atoms with E-state index in [4.69, 9.17) is 5.11 Å². The van der Waals surface area contributed by atoms with Crippen molar-refractivity contribution >= 4 is 12.0 Å². The number of carbonyl (C=O) groups excluding carboxylic acids is 1. The quantitative estimate of drug-likeness (QED) is 0.813. The van der Waals surface area contributed by atoms with Crippen molar-refractivity contribution in [1.29, 1.82) is 0 Å². The van der Waals surface area contributed by atoms with E-state index in [1.54, 1.807) is 0 Å². The van der Waals surface area contributed by atoms with Crippen LogP contribution in [0.15, 0.2) is 0 Å². The van der Waals surface area contributed by atoms with Crippen LogP contribution < -0.4 is 5.32 Å². The molecule has 0 heterocycles. The van der Waals surface area contributed by atoms with Crippen LogP contribution in [0.4, 0.5) is 4.79 Å². The Morgan fingerprint density at radius 1 is 1.15 bits per heavy atom. The lowest BCUT2D eigenvalue weighted by atomic mass is 9.80. The Hall–Kier alpha value is -1.26. The minimum Gasteiger partial charge on any atom is -0.480 e. The Kier molecular flexibility index (Phi) is 4.89. The van der Waals surface area contributed by atoms with Crippen LogP contribution >= 0.6 is 0 Å². The summed E-state index contributed by atoms with van der Waals surface area (Å²) in [5.41, 5.74) is 0. The summed E-state index contributed by atoms with van der Waals surface area (Å²) in [6.45, 7) is 4.82. The Labute approximate surface area is 120 Å². The molecule has 114 valence electrons. The molecule has 2 aliphatic rings. The van der Waals surface area contributed by atoms with Gasteiger partial charge in [0, 0.05) is 12.6 Å².